The van der Waals surface area contributed by atoms with E-state index in [2.05, 4.69) is 4.90 Å². The Morgan fingerprint density at radius 3 is 2.50 bits per heavy atom. The number of amides is 1. The lowest BCUT2D eigenvalue weighted by molar-refractivity contribution is -0.127. The molecule has 0 aromatic heterocycles. The molecule has 2 heterocycles. The van der Waals surface area contributed by atoms with Crippen LogP contribution in [0.4, 0.5) is 0 Å². The molecule has 0 radical (unpaired) electrons. The Labute approximate surface area is 147 Å². The van der Waals surface area contributed by atoms with E-state index in [1.807, 2.05) is 18.2 Å². The van der Waals surface area contributed by atoms with Gasteiger partial charge in [0.1, 0.15) is 0 Å². The zero-order valence-corrected chi connectivity index (χ0v) is 15.0. The van der Waals surface area contributed by atoms with Crippen molar-refractivity contribution in [2.75, 3.05) is 37.7 Å². The molecule has 0 unspecified atom stereocenters. The number of hydrogen-bond acceptors (Lipinski definition) is 4. The second kappa shape index (κ2) is 7.25. The highest BCUT2D eigenvalue weighted by Crippen LogP contribution is 2.20. The quantitative estimate of drug-likeness (QED) is 0.762. The van der Waals surface area contributed by atoms with Gasteiger partial charge in [-0.1, -0.05) is 29.8 Å². The molecule has 0 spiro atoms. The molecule has 130 valence electrons. The van der Waals surface area contributed by atoms with Crippen LogP contribution in [0.5, 0.6) is 0 Å². The minimum atomic E-state index is -2.86. The lowest BCUT2D eigenvalue weighted by atomic mass is 10.2. The SMILES string of the molecule is O=C(/C=C/c1ccccc1Cl)N1CCN([C@H]2CCS(=O)(=O)C2)CC1. The summed E-state index contributed by atoms with van der Waals surface area (Å²) in [6.07, 6.45) is 4.00. The molecular weight excluding hydrogens is 348 g/mol. The van der Waals surface area contributed by atoms with E-state index < -0.39 is 9.84 Å². The summed E-state index contributed by atoms with van der Waals surface area (Å²) in [6.45, 7) is 2.71. The van der Waals surface area contributed by atoms with Crippen molar-refractivity contribution in [1.29, 1.82) is 0 Å². The molecule has 2 aliphatic heterocycles. The minimum Gasteiger partial charge on any atom is -0.337 e. The Balaban J connectivity index is 1.53. The van der Waals surface area contributed by atoms with E-state index in [4.69, 9.17) is 11.6 Å². The van der Waals surface area contributed by atoms with Crippen molar-refractivity contribution in [2.24, 2.45) is 0 Å². The predicted molar refractivity (Wildman–Crippen MR) is 95.7 cm³/mol. The summed E-state index contributed by atoms with van der Waals surface area (Å²) in [5, 5.41) is 0.619. The van der Waals surface area contributed by atoms with Gasteiger partial charge >= 0.3 is 0 Å². The fraction of sp³-hybridized carbons (Fsp3) is 0.471. The second-order valence-corrected chi connectivity index (χ2v) is 8.91. The van der Waals surface area contributed by atoms with E-state index in [9.17, 15) is 13.2 Å². The summed E-state index contributed by atoms with van der Waals surface area (Å²) < 4.78 is 23.2. The highest BCUT2D eigenvalue weighted by Gasteiger charge is 2.34. The van der Waals surface area contributed by atoms with Crippen molar-refractivity contribution in [1.82, 2.24) is 9.80 Å². The Morgan fingerprint density at radius 1 is 1.17 bits per heavy atom. The minimum absolute atomic E-state index is 0.0337. The zero-order chi connectivity index (χ0) is 17.2. The van der Waals surface area contributed by atoms with Crippen LogP contribution < -0.4 is 0 Å². The van der Waals surface area contributed by atoms with Crippen LogP contribution in [0.25, 0.3) is 6.08 Å². The lowest BCUT2D eigenvalue weighted by Crippen LogP contribution is -2.52. The maximum Gasteiger partial charge on any atom is 0.246 e. The van der Waals surface area contributed by atoms with Gasteiger partial charge in [0.05, 0.1) is 11.5 Å². The van der Waals surface area contributed by atoms with Crippen LogP contribution in [0.1, 0.15) is 12.0 Å². The van der Waals surface area contributed by atoms with Gasteiger partial charge in [-0.3, -0.25) is 9.69 Å². The molecule has 0 saturated carbocycles. The summed E-state index contributed by atoms with van der Waals surface area (Å²) in [6, 6.07) is 7.50. The van der Waals surface area contributed by atoms with Crippen molar-refractivity contribution in [3.8, 4) is 0 Å². The second-order valence-electron chi connectivity index (χ2n) is 6.27. The molecule has 1 atom stereocenters. The monoisotopic (exact) mass is 368 g/mol. The lowest BCUT2D eigenvalue weighted by Gasteiger charge is -2.37. The van der Waals surface area contributed by atoms with Crippen LogP contribution in [0.2, 0.25) is 5.02 Å². The van der Waals surface area contributed by atoms with Crippen LogP contribution in [0.15, 0.2) is 30.3 Å². The molecule has 2 fully saturated rings. The van der Waals surface area contributed by atoms with E-state index in [0.29, 0.717) is 24.5 Å². The third-order valence-corrected chi connectivity index (χ3v) is 6.76. The summed E-state index contributed by atoms with van der Waals surface area (Å²) in [5.74, 6) is 0.513. The van der Waals surface area contributed by atoms with Crippen LogP contribution >= 0.6 is 11.6 Å². The number of halogens is 1. The fourth-order valence-electron chi connectivity index (χ4n) is 3.25. The average molecular weight is 369 g/mol. The molecule has 2 aliphatic rings. The first-order valence-corrected chi connectivity index (χ1v) is 10.3. The van der Waals surface area contributed by atoms with E-state index >= 15 is 0 Å². The summed E-state index contributed by atoms with van der Waals surface area (Å²) >= 11 is 6.08. The highest BCUT2D eigenvalue weighted by molar-refractivity contribution is 7.91. The molecule has 7 heteroatoms. The molecule has 1 aromatic rings. The van der Waals surface area contributed by atoms with Gasteiger partial charge in [-0.15, -0.1) is 0 Å². The van der Waals surface area contributed by atoms with Gasteiger partial charge in [0, 0.05) is 43.3 Å². The molecule has 0 aliphatic carbocycles. The summed E-state index contributed by atoms with van der Waals surface area (Å²) in [5.41, 5.74) is 0.822. The standard InChI is InChI=1S/C17H21ClN2O3S/c18-16-4-2-1-3-14(16)5-6-17(21)20-10-8-19(9-11-20)15-7-12-24(22,23)13-15/h1-6,15H,7-13H2/b6-5+/t15-/m0/s1. The van der Waals surface area contributed by atoms with Gasteiger partial charge in [-0.2, -0.15) is 0 Å². The van der Waals surface area contributed by atoms with Gasteiger partial charge < -0.3 is 4.90 Å². The van der Waals surface area contributed by atoms with Gasteiger partial charge in [-0.25, -0.2) is 8.42 Å². The van der Waals surface area contributed by atoms with Crippen molar-refractivity contribution < 1.29 is 13.2 Å². The molecule has 2 saturated heterocycles. The first kappa shape index (κ1) is 17.5. The molecule has 0 N–H and O–H groups in total. The van der Waals surface area contributed by atoms with Gasteiger partial charge in [0.25, 0.3) is 0 Å². The number of hydrogen-bond donors (Lipinski definition) is 0. The van der Waals surface area contributed by atoms with Gasteiger partial charge in [-0.05, 0) is 24.1 Å². The molecular formula is C17H21ClN2O3S. The third kappa shape index (κ3) is 4.18. The zero-order valence-electron chi connectivity index (χ0n) is 13.4. The Morgan fingerprint density at radius 2 is 1.88 bits per heavy atom. The van der Waals surface area contributed by atoms with E-state index in [-0.39, 0.29) is 23.5 Å². The summed E-state index contributed by atoms with van der Waals surface area (Å²) in [7, 11) is -2.86. The number of carbonyl (C=O) groups is 1. The van der Waals surface area contributed by atoms with E-state index in [1.165, 1.54) is 0 Å². The van der Waals surface area contributed by atoms with Crippen LogP contribution in [-0.2, 0) is 14.6 Å². The van der Waals surface area contributed by atoms with E-state index in [1.54, 1.807) is 23.1 Å². The molecule has 1 aromatic carbocycles. The Bertz CT molecular complexity index is 740. The topological polar surface area (TPSA) is 57.7 Å². The Hall–Kier alpha value is -1.37. The molecule has 24 heavy (non-hydrogen) atoms. The molecule has 3 rings (SSSR count). The average Bonchev–Trinajstić information content (AvgIpc) is 2.94. The van der Waals surface area contributed by atoms with Crippen LogP contribution in [0, 0.1) is 0 Å². The molecule has 1 amide bonds. The normalized spacial score (nSPS) is 24.5. The maximum absolute atomic E-state index is 12.3. The van der Waals surface area contributed by atoms with E-state index in [0.717, 1.165) is 18.7 Å². The number of carbonyl (C=O) groups excluding carboxylic acids is 1. The smallest absolute Gasteiger partial charge is 0.246 e. The van der Waals surface area contributed by atoms with Crippen LogP contribution in [0.3, 0.4) is 0 Å². The number of piperazine rings is 1. The first-order valence-electron chi connectivity index (χ1n) is 8.11. The Kier molecular flexibility index (Phi) is 5.27. The van der Waals surface area contributed by atoms with Crippen molar-refractivity contribution in [3.05, 3.63) is 40.9 Å². The number of benzene rings is 1. The van der Waals surface area contributed by atoms with Gasteiger partial charge in [0.15, 0.2) is 9.84 Å². The largest absolute Gasteiger partial charge is 0.337 e. The summed E-state index contributed by atoms with van der Waals surface area (Å²) in [4.78, 5) is 16.3. The molecule has 0 bridgehead atoms. The fourth-order valence-corrected chi connectivity index (χ4v) is 5.21. The number of rotatable bonds is 3. The van der Waals surface area contributed by atoms with Crippen LogP contribution in [-0.4, -0.2) is 67.9 Å². The predicted octanol–water partition coefficient (Wildman–Crippen LogP) is 1.68. The van der Waals surface area contributed by atoms with Crippen molar-refractivity contribution in [3.63, 3.8) is 0 Å². The van der Waals surface area contributed by atoms with Crippen molar-refractivity contribution in [2.45, 2.75) is 12.5 Å². The highest BCUT2D eigenvalue weighted by atomic mass is 35.5. The maximum atomic E-state index is 12.3. The van der Waals surface area contributed by atoms with Crippen molar-refractivity contribution >= 4 is 33.4 Å². The number of sulfone groups is 1. The first-order chi connectivity index (χ1) is 11.4. The number of nitrogens with zero attached hydrogens (tertiary/aromatic N) is 2. The molecule has 5 nitrogen and oxygen atoms in total. The van der Waals surface area contributed by atoms with Gasteiger partial charge in [0.2, 0.25) is 5.91 Å². The third-order valence-electron chi connectivity index (χ3n) is 4.66.